The molecule has 5 nitrogen and oxygen atoms in total. The number of hydrogen-bond donors (Lipinski definition) is 1. The van der Waals surface area contributed by atoms with Crippen molar-refractivity contribution in [2.24, 2.45) is 5.92 Å². The fourth-order valence-corrected chi connectivity index (χ4v) is 4.34. The average Bonchev–Trinajstić information content (AvgIpc) is 2.34. The van der Waals surface area contributed by atoms with E-state index >= 15 is 0 Å². The van der Waals surface area contributed by atoms with E-state index in [1.165, 1.54) is 0 Å². The van der Waals surface area contributed by atoms with Crippen LogP contribution in [0.25, 0.3) is 0 Å². The molecule has 1 fully saturated rings. The molecular weight excluding hydrogens is 290 g/mol. The first-order chi connectivity index (χ1) is 9.53. The fraction of sp³-hybridized carbons (Fsp3) is 0.933. The molecule has 0 aromatic heterocycles. The van der Waals surface area contributed by atoms with E-state index in [0.29, 0.717) is 12.8 Å². The number of rotatable bonds is 5. The Kier molecular flexibility index (Phi) is 6.23. The molecule has 1 aliphatic rings. The zero-order valence-corrected chi connectivity index (χ0v) is 14.6. The lowest BCUT2D eigenvalue weighted by Crippen LogP contribution is -2.50. The van der Waals surface area contributed by atoms with E-state index in [0.717, 1.165) is 19.3 Å². The summed E-state index contributed by atoms with van der Waals surface area (Å²) in [6.45, 7) is 8.96. The van der Waals surface area contributed by atoms with Crippen molar-refractivity contribution in [2.45, 2.75) is 83.6 Å². The van der Waals surface area contributed by atoms with Crippen molar-refractivity contribution < 1.29 is 17.9 Å². The van der Waals surface area contributed by atoms with Gasteiger partial charge in [-0.2, -0.15) is 0 Å². The van der Waals surface area contributed by atoms with Gasteiger partial charge >= 0.3 is 5.97 Å². The Labute approximate surface area is 128 Å². The predicted octanol–water partition coefficient (Wildman–Crippen LogP) is 2.60. The summed E-state index contributed by atoms with van der Waals surface area (Å²) in [5.41, 5.74) is -0.625. The molecule has 0 bridgehead atoms. The second kappa shape index (κ2) is 7.09. The van der Waals surface area contributed by atoms with Gasteiger partial charge in [0.2, 0.25) is 10.0 Å². The molecule has 124 valence electrons. The highest BCUT2D eigenvalue weighted by Gasteiger charge is 2.35. The van der Waals surface area contributed by atoms with Crippen LogP contribution in [0.1, 0.15) is 66.7 Å². The average molecular weight is 319 g/mol. The first-order valence-corrected chi connectivity index (χ1v) is 9.31. The van der Waals surface area contributed by atoms with E-state index in [9.17, 15) is 13.2 Å². The van der Waals surface area contributed by atoms with Gasteiger partial charge in [-0.3, -0.25) is 4.79 Å². The minimum Gasteiger partial charge on any atom is -0.459 e. The number of hydrogen-bond acceptors (Lipinski definition) is 4. The molecule has 1 aliphatic carbocycles. The minimum absolute atomic E-state index is 0.154. The summed E-state index contributed by atoms with van der Waals surface area (Å²) < 4.78 is 32.8. The number of nitrogens with one attached hydrogen (secondary N) is 1. The first-order valence-electron chi connectivity index (χ1n) is 7.77. The maximum atomic E-state index is 12.5. The summed E-state index contributed by atoms with van der Waals surface area (Å²) in [5, 5.41) is -0.380. The van der Waals surface area contributed by atoms with Crippen LogP contribution in [-0.4, -0.2) is 31.3 Å². The lowest BCUT2D eigenvalue weighted by atomic mass is 10.0. The van der Waals surface area contributed by atoms with Crippen LogP contribution in [0, 0.1) is 5.92 Å². The van der Waals surface area contributed by atoms with Crippen LogP contribution < -0.4 is 4.72 Å². The molecule has 0 aromatic carbocycles. The topological polar surface area (TPSA) is 72.5 Å². The summed E-state index contributed by atoms with van der Waals surface area (Å²) in [6.07, 6.45) is 4.31. The van der Waals surface area contributed by atoms with Crippen LogP contribution in [0.5, 0.6) is 0 Å². The SMILES string of the molecule is CC(C)[C@H](NS(=O)(=O)C1CCCCC1)C(=O)OC(C)(C)C. The number of carbonyl (C=O) groups excluding carboxylic acids is 1. The maximum Gasteiger partial charge on any atom is 0.324 e. The zero-order chi connectivity index (χ0) is 16.3. The maximum absolute atomic E-state index is 12.5. The third-order valence-corrected chi connectivity index (χ3v) is 5.54. The Morgan fingerprint density at radius 3 is 2.10 bits per heavy atom. The molecule has 21 heavy (non-hydrogen) atoms. The molecule has 1 rings (SSSR count). The number of ether oxygens (including phenoxy) is 1. The number of sulfonamides is 1. The van der Waals surface area contributed by atoms with E-state index in [4.69, 9.17) is 4.74 Å². The third kappa shape index (κ3) is 5.94. The van der Waals surface area contributed by atoms with Gasteiger partial charge in [0, 0.05) is 0 Å². The van der Waals surface area contributed by atoms with Crippen LogP contribution in [0.15, 0.2) is 0 Å². The largest absolute Gasteiger partial charge is 0.459 e. The monoisotopic (exact) mass is 319 g/mol. The van der Waals surface area contributed by atoms with E-state index in [-0.39, 0.29) is 11.2 Å². The van der Waals surface area contributed by atoms with Crippen molar-refractivity contribution >= 4 is 16.0 Å². The minimum atomic E-state index is -3.48. The summed E-state index contributed by atoms with van der Waals surface area (Å²) in [4.78, 5) is 12.2. The Morgan fingerprint density at radius 1 is 1.14 bits per heavy atom. The Balaban J connectivity index is 2.80. The highest BCUT2D eigenvalue weighted by atomic mass is 32.2. The van der Waals surface area contributed by atoms with Crippen molar-refractivity contribution in [1.82, 2.24) is 4.72 Å². The van der Waals surface area contributed by atoms with E-state index in [1.807, 2.05) is 13.8 Å². The van der Waals surface area contributed by atoms with Gasteiger partial charge in [0.25, 0.3) is 0 Å². The van der Waals surface area contributed by atoms with E-state index in [2.05, 4.69) is 4.72 Å². The summed E-state index contributed by atoms with van der Waals surface area (Å²) in [5.74, 6) is -0.657. The van der Waals surface area contributed by atoms with Gasteiger partial charge < -0.3 is 4.74 Å². The normalized spacial score (nSPS) is 19.5. The quantitative estimate of drug-likeness (QED) is 0.791. The molecule has 0 aliphatic heterocycles. The zero-order valence-electron chi connectivity index (χ0n) is 13.8. The van der Waals surface area contributed by atoms with Gasteiger partial charge in [-0.05, 0) is 39.5 Å². The lowest BCUT2D eigenvalue weighted by molar-refractivity contribution is -0.158. The Morgan fingerprint density at radius 2 is 1.67 bits per heavy atom. The second-order valence-electron chi connectivity index (χ2n) is 7.18. The molecule has 0 unspecified atom stereocenters. The van der Waals surface area contributed by atoms with Crippen LogP contribution in [-0.2, 0) is 19.6 Å². The molecule has 0 heterocycles. The molecule has 1 saturated carbocycles. The first kappa shape index (κ1) is 18.4. The van der Waals surface area contributed by atoms with Crippen molar-refractivity contribution in [2.75, 3.05) is 0 Å². The predicted molar refractivity (Wildman–Crippen MR) is 83.4 cm³/mol. The van der Waals surface area contributed by atoms with Crippen molar-refractivity contribution in [1.29, 1.82) is 0 Å². The Bertz CT molecular complexity index is 445. The Hall–Kier alpha value is -0.620. The van der Waals surface area contributed by atoms with Gasteiger partial charge in [0.15, 0.2) is 0 Å². The molecule has 6 heteroatoms. The highest BCUT2D eigenvalue weighted by molar-refractivity contribution is 7.90. The van der Waals surface area contributed by atoms with Crippen LogP contribution in [0.4, 0.5) is 0 Å². The van der Waals surface area contributed by atoms with E-state index < -0.39 is 27.6 Å². The van der Waals surface area contributed by atoms with Crippen LogP contribution >= 0.6 is 0 Å². The lowest BCUT2D eigenvalue weighted by Gasteiger charge is -2.29. The van der Waals surface area contributed by atoms with Crippen LogP contribution in [0.2, 0.25) is 0 Å². The number of carbonyl (C=O) groups is 1. The van der Waals surface area contributed by atoms with Crippen molar-refractivity contribution in [3.8, 4) is 0 Å². The molecule has 1 atom stereocenters. The molecule has 1 N–H and O–H groups in total. The van der Waals surface area contributed by atoms with Crippen molar-refractivity contribution in [3.63, 3.8) is 0 Å². The fourth-order valence-electron chi connectivity index (χ4n) is 2.47. The third-order valence-electron chi connectivity index (χ3n) is 3.61. The summed E-state index contributed by atoms with van der Waals surface area (Å²) >= 11 is 0. The summed E-state index contributed by atoms with van der Waals surface area (Å²) in [6, 6.07) is -0.823. The van der Waals surface area contributed by atoms with Gasteiger partial charge in [-0.15, -0.1) is 0 Å². The number of esters is 1. The molecule has 0 amide bonds. The smallest absolute Gasteiger partial charge is 0.324 e. The van der Waals surface area contributed by atoms with E-state index in [1.54, 1.807) is 20.8 Å². The van der Waals surface area contributed by atoms with Gasteiger partial charge in [-0.1, -0.05) is 33.1 Å². The highest BCUT2D eigenvalue weighted by Crippen LogP contribution is 2.24. The molecule has 0 saturated heterocycles. The van der Waals surface area contributed by atoms with Crippen molar-refractivity contribution in [3.05, 3.63) is 0 Å². The van der Waals surface area contributed by atoms with Gasteiger partial charge in [0.05, 0.1) is 5.25 Å². The molecular formula is C15H29NO4S. The second-order valence-corrected chi connectivity index (χ2v) is 9.17. The standard InChI is InChI=1S/C15H29NO4S/c1-11(2)13(14(17)20-15(3,4)5)16-21(18,19)12-9-7-6-8-10-12/h11-13,16H,6-10H2,1-5H3/t13-/m0/s1. The summed E-state index contributed by atoms with van der Waals surface area (Å²) in [7, 11) is -3.48. The van der Waals surface area contributed by atoms with Crippen LogP contribution in [0.3, 0.4) is 0 Å². The van der Waals surface area contributed by atoms with Gasteiger partial charge in [-0.25, -0.2) is 13.1 Å². The molecule has 0 aromatic rings. The van der Waals surface area contributed by atoms with Gasteiger partial charge in [0.1, 0.15) is 11.6 Å². The molecule has 0 spiro atoms. The molecule has 0 radical (unpaired) electrons.